The monoisotopic (exact) mass is 625 g/mol. The molecule has 0 aliphatic carbocycles. The van der Waals surface area contributed by atoms with E-state index in [1.165, 1.54) is 12.0 Å². The number of rotatable bonds is 10. The highest BCUT2D eigenvalue weighted by atomic mass is 16.5. The number of nitrogens with zero attached hydrogens (tertiary/aromatic N) is 3. The Morgan fingerprint density at radius 3 is 2.54 bits per heavy atom. The zero-order valence-corrected chi connectivity index (χ0v) is 26.1. The number of esters is 1. The number of fused-ring (bicyclic) bond motifs is 2. The zero-order valence-electron chi connectivity index (χ0n) is 26.1. The SMILES string of the molecule is COc1ccc2c(c1)C(=O)N(C[C@@]1(c3cc4ncc(CNCc5ccccc5)cc4o3)NC(=O)N(COC(=O)C(C)(C)C)C1=O)C2. The van der Waals surface area contributed by atoms with Crippen molar-refractivity contribution < 1.29 is 33.1 Å². The van der Waals surface area contributed by atoms with Crippen LogP contribution < -0.4 is 15.4 Å². The number of aromatic nitrogens is 1. The molecule has 1 saturated heterocycles. The fourth-order valence-corrected chi connectivity index (χ4v) is 5.53. The van der Waals surface area contributed by atoms with Crippen molar-refractivity contribution in [3.05, 3.63) is 94.9 Å². The van der Waals surface area contributed by atoms with Crippen molar-refractivity contribution in [2.75, 3.05) is 20.4 Å². The highest BCUT2D eigenvalue weighted by Crippen LogP contribution is 2.37. The fourth-order valence-electron chi connectivity index (χ4n) is 5.53. The molecule has 2 aromatic carbocycles. The predicted octanol–water partition coefficient (Wildman–Crippen LogP) is 4.08. The van der Waals surface area contributed by atoms with E-state index in [0.717, 1.165) is 21.6 Å². The van der Waals surface area contributed by atoms with Crippen LogP contribution in [0.15, 0.2) is 71.3 Å². The minimum absolute atomic E-state index is 0.105. The number of urea groups is 1. The van der Waals surface area contributed by atoms with Gasteiger partial charge in [-0.2, -0.15) is 0 Å². The largest absolute Gasteiger partial charge is 0.497 e. The molecule has 2 aliphatic rings. The summed E-state index contributed by atoms with van der Waals surface area (Å²) in [5, 5.41) is 6.14. The van der Waals surface area contributed by atoms with Crippen molar-refractivity contribution in [1.29, 1.82) is 0 Å². The number of nitrogens with one attached hydrogen (secondary N) is 2. The van der Waals surface area contributed by atoms with E-state index >= 15 is 0 Å². The van der Waals surface area contributed by atoms with Crippen molar-refractivity contribution >= 4 is 34.9 Å². The van der Waals surface area contributed by atoms with Crippen LogP contribution in [0.4, 0.5) is 4.79 Å². The number of carbonyl (C=O) groups is 4. The third-order valence-corrected chi connectivity index (χ3v) is 8.08. The maximum absolute atomic E-state index is 14.2. The lowest BCUT2D eigenvalue weighted by Gasteiger charge is -2.29. The molecule has 0 spiro atoms. The second-order valence-electron chi connectivity index (χ2n) is 12.5. The van der Waals surface area contributed by atoms with Crippen molar-refractivity contribution in [3.8, 4) is 5.75 Å². The predicted molar refractivity (Wildman–Crippen MR) is 166 cm³/mol. The van der Waals surface area contributed by atoms with Gasteiger partial charge in [-0.05, 0) is 55.7 Å². The van der Waals surface area contributed by atoms with Crippen LogP contribution in [0.5, 0.6) is 5.75 Å². The Labute approximate surface area is 265 Å². The van der Waals surface area contributed by atoms with Gasteiger partial charge in [0.25, 0.3) is 11.8 Å². The molecule has 4 heterocycles. The molecule has 1 atom stereocenters. The third-order valence-electron chi connectivity index (χ3n) is 8.08. The van der Waals surface area contributed by atoms with Crippen LogP contribution in [0.3, 0.4) is 0 Å². The van der Waals surface area contributed by atoms with Crippen LogP contribution in [-0.4, -0.2) is 59.0 Å². The first-order chi connectivity index (χ1) is 22.0. The first kappa shape index (κ1) is 30.8. The Balaban J connectivity index is 1.30. The first-order valence-corrected chi connectivity index (χ1v) is 14.9. The van der Waals surface area contributed by atoms with E-state index in [1.807, 2.05) is 36.4 Å². The molecule has 0 unspecified atom stereocenters. The normalized spacial score (nSPS) is 17.9. The van der Waals surface area contributed by atoms with Crippen LogP contribution in [0.25, 0.3) is 11.1 Å². The summed E-state index contributed by atoms with van der Waals surface area (Å²) in [5.41, 5.74) is 1.44. The highest BCUT2D eigenvalue weighted by molar-refractivity contribution is 6.08. The third kappa shape index (κ3) is 5.79. The molecule has 46 heavy (non-hydrogen) atoms. The number of carbonyl (C=O) groups excluding carboxylic acids is 4. The lowest BCUT2D eigenvalue weighted by Crippen LogP contribution is -2.52. The summed E-state index contributed by atoms with van der Waals surface area (Å²) in [6.45, 7) is 5.58. The highest BCUT2D eigenvalue weighted by Gasteiger charge is 2.57. The molecule has 2 aromatic heterocycles. The van der Waals surface area contributed by atoms with Crippen LogP contribution in [0.1, 0.15) is 53.6 Å². The lowest BCUT2D eigenvalue weighted by atomic mass is 9.95. The quantitative estimate of drug-likeness (QED) is 0.197. The molecule has 4 amide bonds. The minimum atomic E-state index is -1.81. The van der Waals surface area contributed by atoms with Gasteiger partial charge in [0.05, 0.1) is 19.1 Å². The smallest absolute Gasteiger partial charge is 0.328 e. The van der Waals surface area contributed by atoms with E-state index in [4.69, 9.17) is 13.9 Å². The van der Waals surface area contributed by atoms with Gasteiger partial charge in [0.2, 0.25) is 0 Å². The molecular weight excluding hydrogens is 590 g/mol. The standard InChI is InChI=1S/C34H35N5O7/c1-33(2,3)31(42)45-20-39-30(41)34(37-32(39)43,19-38-18-23-10-11-24(44-4)13-25(23)29(38)40)28-14-26-27(46-28)12-22(17-36-26)16-35-15-21-8-6-5-7-9-21/h5-14,17,35H,15-16,18-20H2,1-4H3,(H,37,43)/t34-/m0/s1. The summed E-state index contributed by atoms with van der Waals surface area (Å²) in [7, 11) is 1.52. The Morgan fingerprint density at radius 2 is 1.80 bits per heavy atom. The Morgan fingerprint density at radius 1 is 1.04 bits per heavy atom. The molecule has 6 rings (SSSR count). The fraction of sp³-hybridized carbons (Fsp3) is 0.324. The van der Waals surface area contributed by atoms with Gasteiger partial charge in [-0.1, -0.05) is 36.4 Å². The lowest BCUT2D eigenvalue weighted by molar-refractivity contribution is -0.158. The molecule has 0 saturated carbocycles. The average molecular weight is 626 g/mol. The molecule has 2 N–H and O–H groups in total. The summed E-state index contributed by atoms with van der Waals surface area (Å²) in [6, 6.07) is 17.8. The van der Waals surface area contributed by atoms with Crippen LogP contribution in [0, 0.1) is 5.41 Å². The number of pyridine rings is 1. The number of hydrogen-bond donors (Lipinski definition) is 2. The topological polar surface area (TPSA) is 143 Å². The van der Waals surface area contributed by atoms with Crippen molar-refractivity contribution in [1.82, 2.24) is 25.4 Å². The molecule has 4 aromatic rings. The Kier molecular flexibility index (Phi) is 7.99. The van der Waals surface area contributed by atoms with Crippen LogP contribution in [0.2, 0.25) is 0 Å². The molecular formula is C34H35N5O7. The minimum Gasteiger partial charge on any atom is -0.497 e. The number of benzene rings is 2. The van der Waals surface area contributed by atoms with Crippen LogP contribution in [-0.2, 0) is 39.5 Å². The second kappa shape index (κ2) is 11.9. The van der Waals surface area contributed by atoms with Gasteiger partial charge in [0, 0.05) is 37.5 Å². The summed E-state index contributed by atoms with van der Waals surface area (Å²) in [4.78, 5) is 60.4. The summed E-state index contributed by atoms with van der Waals surface area (Å²) < 4.78 is 16.9. The molecule has 1 fully saturated rings. The second-order valence-corrected chi connectivity index (χ2v) is 12.5. The number of amides is 4. The van der Waals surface area contributed by atoms with Gasteiger partial charge in [-0.25, -0.2) is 9.69 Å². The van der Waals surface area contributed by atoms with Gasteiger partial charge in [-0.3, -0.25) is 19.4 Å². The van der Waals surface area contributed by atoms with Gasteiger partial charge < -0.3 is 29.4 Å². The summed E-state index contributed by atoms with van der Waals surface area (Å²) >= 11 is 0. The maximum Gasteiger partial charge on any atom is 0.328 e. The number of methoxy groups -OCH3 is 1. The van der Waals surface area contributed by atoms with E-state index in [1.54, 1.807) is 51.2 Å². The van der Waals surface area contributed by atoms with Crippen LogP contribution >= 0.6 is 0 Å². The molecule has 12 nitrogen and oxygen atoms in total. The molecule has 12 heteroatoms. The van der Waals surface area contributed by atoms with E-state index < -0.39 is 35.6 Å². The van der Waals surface area contributed by atoms with Crippen molar-refractivity contribution in [2.24, 2.45) is 5.41 Å². The van der Waals surface area contributed by atoms with E-state index in [0.29, 0.717) is 35.5 Å². The molecule has 0 radical (unpaired) electrons. The number of ether oxygens (including phenoxy) is 2. The van der Waals surface area contributed by atoms with E-state index in [9.17, 15) is 19.2 Å². The molecule has 0 bridgehead atoms. The van der Waals surface area contributed by atoms with Crippen molar-refractivity contribution in [2.45, 2.75) is 45.9 Å². The van der Waals surface area contributed by atoms with Gasteiger partial charge in [0.15, 0.2) is 17.9 Å². The number of imide groups is 1. The average Bonchev–Trinajstić information content (AvgIpc) is 3.67. The Bertz CT molecular complexity index is 1830. The first-order valence-electron chi connectivity index (χ1n) is 14.9. The summed E-state index contributed by atoms with van der Waals surface area (Å²) in [6.07, 6.45) is 1.72. The van der Waals surface area contributed by atoms with E-state index in [-0.39, 0.29) is 24.8 Å². The van der Waals surface area contributed by atoms with Crippen molar-refractivity contribution in [3.63, 3.8) is 0 Å². The zero-order chi connectivity index (χ0) is 32.6. The van der Waals surface area contributed by atoms with Gasteiger partial charge in [-0.15, -0.1) is 0 Å². The Hall–Kier alpha value is -5.23. The van der Waals surface area contributed by atoms with E-state index in [2.05, 4.69) is 15.6 Å². The number of furan rings is 1. The summed E-state index contributed by atoms with van der Waals surface area (Å²) in [5.74, 6) is -0.990. The number of hydrogen-bond acceptors (Lipinski definition) is 9. The van der Waals surface area contributed by atoms with Gasteiger partial charge >= 0.3 is 12.0 Å². The van der Waals surface area contributed by atoms with Gasteiger partial charge in [0.1, 0.15) is 17.0 Å². The molecule has 238 valence electrons. The molecule has 2 aliphatic heterocycles. The maximum atomic E-state index is 14.2.